The molecule has 0 atom stereocenters. The van der Waals surface area contributed by atoms with Crippen LogP contribution in [0.15, 0.2) is 36.7 Å². The van der Waals surface area contributed by atoms with Crippen molar-refractivity contribution in [2.75, 3.05) is 17.2 Å². The van der Waals surface area contributed by atoms with Gasteiger partial charge in [0.05, 0.1) is 0 Å². The first-order valence-electron chi connectivity index (χ1n) is 6.85. The molecule has 0 saturated carbocycles. The topological polar surface area (TPSA) is 47.1 Å². The number of benzene rings is 1. The highest BCUT2D eigenvalue weighted by Gasteiger charge is 2.12. The number of imidazole rings is 1. The minimum absolute atomic E-state index is 0.803. The second-order valence-electron chi connectivity index (χ2n) is 4.63. The fourth-order valence-electron chi connectivity index (χ4n) is 2.23. The van der Waals surface area contributed by atoms with Gasteiger partial charge in [-0.3, -0.25) is 0 Å². The van der Waals surface area contributed by atoms with Crippen LogP contribution < -0.4 is 10.6 Å². The van der Waals surface area contributed by atoms with Crippen molar-refractivity contribution in [3.8, 4) is 0 Å². The Kier molecular flexibility index (Phi) is 4.44. The number of hydrogen-bond acceptors (Lipinski definition) is 3. The van der Waals surface area contributed by atoms with Crippen LogP contribution >= 0.6 is 0 Å². The molecule has 0 unspecified atom stereocenters. The zero-order valence-electron chi connectivity index (χ0n) is 11.7. The highest BCUT2D eigenvalue weighted by Crippen LogP contribution is 2.19. The first kappa shape index (κ1) is 13.5. The van der Waals surface area contributed by atoms with Gasteiger partial charge in [-0.2, -0.15) is 0 Å². The monoisotopic (exact) mass is 258 g/mol. The fraction of sp³-hybridized carbons (Fsp3) is 0.400. The van der Waals surface area contributed by atoms with Crippen LogP contribution in [0.2, 0.25) is 0 Å². The van der Waals surface area contributed by atoms with E-state index >= 15 is 0 Å². The number of rotatable bonds is 6. The zero-order chi connectivity index (χ0) is 13.7. The van der Waals surface area contributed by atoms with Crippen molar-refractivity contribution >= 4 is 11.6 Å². The van der Waals surface area contributed by atoms with Crippen molar-refractivity contribution in [1.82, 2.24) is 9.55 Å². The van der Waals surface area contributed by atoms with Crippen LogP contribution in [0.25, 0.3) is 0 Å². The molecule has 0 fully saturated rings. The molecule has 0 saturated heterocycles. The van der Waals surface area contributed by atoms with E-state index in [1.54, 1.807) is 0 Å². The van der Waals surface area contributed by atoms with Gasteiger partial charge in [-0.05, 0) is 25.0 Å². The van der Waals surface area contributed by atoms with E-state index in [-0.39, 0.29) is 0 Å². The average Bonchev–Trinajstić information content (AvgIpc) is 2.89. The Balaban J connectivity index is 2.24. The summed E-state index contributed by atoms with van der Waals surface area (Å²) in [4.78, 5) is 6.77. The normalized spacial score (nSPS) is 10.6. The number of nitrogens with zero attached hydrogens (tertiary/aromatic N) is 3. The minimum atomic E-state index is 0.803. The van der Waals surface area contributed by atoms with Crippen LogP contribution in [0.1, 0.15) is 25.8 Å². The number of hydrogen-bond donors (Lipinski definition) is 1. The maximum atomic E-state index is 6.04. The quantitative estimate of drug-likeness (QED) is 0.810. The molecule has 0 aliphatic rings. The third kappa shape index (κ3) is 3.08. The molecular formula is C15H22N4. The van der Waals surface area contributed by atoms with Crippen molar-refractivity contribution in [2.24, 2.45) is 0 Å². The van der Waals surface area contributed by atoms with Gasteiger partial charge in [0.1, 0.15) is 0 Å². The maximum Gasteiger partial charge on any atom is 0.205 e. The second kappa shape index (κ2) is 6.27. The van der Waals surface area contributed by atoms with Crippen LogP contribution in [0, 0.1) is 0 Å². The summed E-state index contributed by atoms with van der Waals surface area (Å²) in [6.07, 6.45) is 4.96. The third-order valence-corrected chi connectivity index (χ3v) is 3.23. The van der Waals surface area contributed by atoms with Gasteiger partial charge in [-0.25, -0.2) is 4.98 Å². The summed E-state index contributed by atoms with van der Waals surface area (Å²) >= 11 is 0. The molecule has 1 aromatic heterocycles. The molecule has 4 heteroatoms. The molecule has 0 spiro atoms. The van der Waals surface area contributed by atoms with E-state index in [2.05, 4.69) is 34.4 Å². The summed E-state index contributed by atoms with van der Waals surface area (Å²) in [5.41, 5.74) is 8.03. The Hall–Kier alpha value is -1.97. The van der Waals surface area contributed by atoms with Gasteiger partial charge in [0.15, 0.2) is 0 Å². The molecular weight excluding hydrogens is 236 g/mol. The van der Waals surface area contributed by atoms with E-state index in [0.29, 0.717) is 0 Å². The Morgan fingerprint density at radius 1 is 1.26 bits per heavy atom. The molecule has 0 bridgehead atoms. The highest BCUT2D eigenvalue weighted by atomic mass is 15.3. The standard InChI is InChI=1S/C15H22N4/c1-3-10-19(15-17-9-11-18(15)4-2)12-13-7-5-6-8-14(13)16/h5-9,11H,3-4,10,12,16H2,1-2H3. The van der Waals surface area contributed by atoms with E-state index in [9.17, 15) is 0 Å². The van der Waals surface area contributed by atoms with Gasteiger partial charge in [0.25, 0.3) is 0 Å². The highest BCUT2D eigenvalue weighted by molar-refractivity contribution is 5.48. The van der Waals surface area contributed by atoms with E-state index < -0.39 is 0 Å². The summed E-state index contributed by atoms with van der Waals surface area (Å²) in [6.45, 7) is 7.02. The smallest absolute Gasteiger partial charge is 0.205 e. The van der Waals surface area contributed by atoms with Gasteiger partial charge in [-0.1, -0.05) is 25.1 Å². The molecule has 19 heavy (non-hydrogen) atoms. The first-order valence-corrected chi connectivity index (χ1v) is 6.85. The van der Waals surface area contributed by atoms with Gasteiger partial charge in [0.2, 0.25) is 5.95 Å². The maximum absolute atomic E-state index is 6.04. The van der Waals surface area contributed by atoms with E-state index in [0.717, 1.165) is 43.3 Å². The largest absolute Gasteiger partial charge is 0.398 e. The summed E-state index contributed by atoms with van der Waals surface area (Å²) in [6, 6.07) is 8.03. The van der Waals surface area contributed by atoms with E-state index in [4.69, 9.17) is 5.73 Å². The molecule has 0 aliphatic heterocycles. The van der Waals surface area contributed by atoms with Gasteiger partial charge >= 0.3 is 0 Å². The van der Waals surface area contributed by atoms with Crippen molar-refractivity contribution in [1.29, 1.82) is 0 Å². The molecule has 102 valence electrons. The molecule has 4 nitrogen and oxygen atoms in total. The van der Waals surface area contributed by atoms with Gasteiger partial charge in [0, 0.05) is 37.7 Å². The molecule has 0 radical (unpaired) electrons. The number of aromatic nitrogens is 2. The number of nitrogens with two attached hydrogens (primary N) is 1. The van der Waals surface area contributed by atoms with Crippen LogP contribution in [-0.4, -0.2) is 16.1 Å². The van der Waals surface area contributed by atoms with Crippen LogP contribution in [0.5, 0.6) is 0 Å². The van der Waals surface area contributed by atoms with Gasteiger partial charge in [-0.15, -0.1) is 0 Å². The SMILES string of the molecule is CCCN(Cc1ccccc1N)c1nccn1CC. The predicted octanol–water partition coefficient (Wildman–Crippen LogP) is 2.90. The second-order valence-corrected chi connectivity index (χ2v) is 4.63. The number of anilines is 2. The molecule has 0 amide bonds. The molecule has 0 aliphatic carbocycles. The lowest BCUT2D eigenvalue weighted by Gasteiger charge is -2.24. The van der Waals surface area contributed by atoms with E-state index in [1.165, 1.54) is 0 Å². The Morgan fingerprint density at radius 2 is 2.05 bits per heavy atom. The van der Waals surface area contributed by atoms with Crippen LogP contribution in [0.3, 0.4) is 0 Å². The predicted molar refractivity (Wildman–Crippen MR) is 80.1 cm³/mol. The Labute approximate surface area is 114 Å². The van der Waals surface area contributed by atoms with Crippen molar-refractivity contribution < 1.29 is 0 Å². The Bertz CT molecular complexity index is 518. The average molecular weight is 258 g/mol. The minimum Gasteiger partial charge on any atom is -0.398 e. The van der Waals surface area contributed by atoms with Crippen LogP contribution in [-0.2, 0) is 13.1 Å². The number of para-hydroxylation sites is 1. The molecule has 2 aromatic rings. The van der Waals surface area contributed by atoms with Crippen molar-refractivity contribution in [3.63, 3.8) is 0 Å². The third-order valence-electron chi connectivity index (χ3n) is 3.23. The summed E-state index contributed by atoms with van der Waals surface area (Å²) in [7, 11) is 0. The lowest BCUT2D eigenvalue weighted by Crippen LogP contribution is -2.27. The molecule has 1 aromatic carbocycles. The van der Waals surface area contributed by atoms with Crippen LogP contribution in [0.4, 0.5) is 11.6 Å². The summed E-state index contributed by atoms with van der Waals surface area (Å²) < 4.78 is 2.16. The summed E-state index contributed by atoms with van der Waals surface area (Å²) in [5, 5.41) is 0. The first-order chi connectivity index (χ1) is 9.26. The van der Waals surface area contributed by atoms with Crippen molar-refractivity contribution in [2.45, 2.75) is 33.4 Å². The lowest BCUT2D eigenvalue weighted by atomic mass is 10.1. The van der Waals surface area contributed by atoms with E-state index in [1.807, 2.05) is 30.6 Å². The van der Waals surface area contributed by atoms with Crippen molar-refractivity contribution in [3.05, 3.63) is 42.2 Å². The molecule has 2 rings (SSSR count). The molecule has 2 N–H and O–H groups in total. The number of nitrogen functional groups attached to an aromatic ring is 1. The Morgan fingerprint density at radius 3 is 2.74 bits per heavy atom. The number of aryl methyl sites for hydroxylation is 1. The lowest BCUT2D eigenvalue weighted by molar-refractivity contribution is 0.679. The summed E-state index contributed by atoms with van der Waals surface area (Å²) in [5.74, 6) is 1.02. The fourth-order valence-corrected chi connectivity index (χ4v) is 2.23. The zero-order valence-corrected chi connectivity index (χ0v) is 11.7. The molecule has 1 heterocycles. The van der Waals surface area contributed by atoms with Gasteiger partial charge < -0.3 is 15.2 Å².